The fraction of sp³-hybridized carbons (Fsp3) is 0.556. The molecular weight excluding hydrogens is 306 g/mol. The SMILES string of the molecule is CC(C)(C)OC(=O)N1CCCC(COc2ccc3[nH]ncc3c2)C1. The lowest BCUT2D eigenvalue weighted by molar-refractivity contribution is 0.0139. The minimum Gasteiger partial charge on any atom is -0.493 e. The molecule has 0 saturated carbocycles. The van der Waals surface area contributed by atoms with E-state index in [0.29, 0.717) is 19.1 Å². The van der Waals surface area contributed by atoms with Gasteiger partial charge >= 0.3 is 6.09 Å². The Kier molecular flexibility index (Phi) is 4.64. The number of amides is 1. The van der Waals surface area contributed by atoms with Crippen molar-refractivity contribution in [2.75, 3.05) is 19.7 Å². The van der Waals surface area contributed by atoms with Crippen molar-refractivity contribution in [2.24, 2.45) is 5.92 Å². The van der Waals surface area contributed by atoms with Gasteiger partial charge in [-0.2, -0.15) is 5.10 Å². The van der Waals surface area contributed by atoms with Gasteiger partial charge in [0.25, 0.3) is 0 Å². The monoisotopic (exact) mass is 331 g/mol. The van der Waals surface area contributed by atoms with Crippen molar-refractivity contribution < 1.29 is 14.3 Å². The number of nitrogens with one attached hydrogen (secondary N) is 1. The van der Waals surface area contributed by atoms with Crippen LogP contribution in [0, 0.1) is 5.92 Å². The van der Waals surface area contributed by atoms with E-state index in [0.717, 1.165) is 36.0 Å². The zero-order chi connectivity index (χ0) is 17.2. The minimum absolute atomic E-state index is 0.230. The van der Waals surface area contributed by atoms with Gasteiger partial charge in [-0.3, -0.25) is 5.10 Å². The molecule has 2 heterocycles. The number of piperidine rings is 1. The van der Waals surface area contributed by atoms with Gasteiger partial charge in [0.15, 0.2) is 0 Å². The standard InChI is InChI=1S/C18H25N3O3/c1-18(2,3)24-17(22)21-8-4-5-13(11-21)12-23-15-6-7-16-14(9-15)10-19-20-16/h6-7,9-10,13H,4-5,8,11-12H2,1-3H3,(H,19,20). The first-order chi connectivity index (χ1) is 11.4. The van der Waals surface area contributed by atoms with Gasteiger partial charge in [-0.05, 0) is 51.8 Å². The topological polar surface area (TPSA) is 67.4 Å². The van der Waals surface area contributed by atoms with Crippen molar-refractivity contribution >= 4 is 17.0 Å². The van der Waals surface area contributed by atoms with E-state index in [2.05, 4.69) is 10.2 Å². The Morgan fingerprint density at radius 2 is 2.25 bits per heavy atom. The van der Waals surface area contributed by atoms with Gasteiger partial charge in [0.1, 0.15) is 11.4 Å². The van der Waals surface area contributed by atoms with Gasteiger partial charge in [0.2, 0.25) is 0 Å². The van der Waals surface area contributed by atoms with Crippen molar-refractivity contribution in [3.05, 3.63) is 24.4 Å². The van der Waals surface area contributed by atoms with E-state index >= 15 is 0 Å². The third kappa shape index (κ3) is 4.19. The van der Waals surface area contributed by atoms with Gasteiger partial charge in [-0.1, -0.05) is 0 Å². The summed E-state index contributed by atoms with van der Waals surface area (Å²) >= 11 is 0. The Balaban J connectivity index is 1.54. The quantitative estimate of drug-likeness (QED) is 0.933. The number of hydrogen-bond donors (Lipinski definition) is 1. The molecule has 1 aliphatic rings. The van der Waals surface area contributed by atoms with Crippen LogP contribution in [0.2, 0.25) is 0 Å². The van der Waals surface area contributed by atoms with Gasteiger partial charge in [0, 0.05) is 24.4 Å². The van der Waals surface area contributed by atoms with Crippen LogP contribution < -0.4 is 4.74 Å². The lowest BCUT2D eigenvalue weighted by Crippen LogP contribution is -2.44. The summed E-state index contributed by atoms with van der Waals surface area (Å²) < 4.78 is 11.4. The number of aromatic amines is 1. The number of fused-ring (bicyclic) bond motifs is 1. The largest absolute Gasteiger partial charge is 0.493 e. The van der Waals surface area contributed by atoms with Gasteiger partial charge < -0.3 is 14.4 Å². The predicted octanol–water partition coefficient (Wildman–Crippen LogP) is 3.59. The van der Waals surface area contributed by atoms with Crippen molar-refractivity contribution in [1.82, 2.24) is 15.1 Å². The van der Waals surface area contributed by atoms with Crippen LogP contribution in [0.1, 0.15) is 33.6 Å². The molecule has 1 N–H and O–H groups in total. The van der Waals surface area contributed by atoms with Crippen molar-refractivity contribution in [3.8, 4) is 5.75 Å². The summed E-state index contributed by atoms with van der Waals surface area (Å²) in [6.45, 7) is 7.71. The number of carbonyl (C=O) groups is 1. The van der Waals surface area contributed by atoms with E-state index in [1.165, 1.54) is 0 Å². The van der Waals surface area contributed by atoms with Crippen molar-refractivity contribution in [2.45, 2.75) is 39.2 Å². The molecule has 1 atom stereocenters. The van der Waals surface area contributed by atoms with Crippen LogP contribution in [-0.4, -0.2) is 46.5 Å². The van der Waals surface area contributed by atoms with E-state index in [9.17, 15) is 4.79 Å². The Bertz CT molecular complexity index is 705. The molecule has 130 valence electrons. The van der Waals surface area contributed by atoms with Crippen LogP contribution in [0.25, 0.3) is 10.9 Å². The molecule has 1 fully saturated rings. The number of aromatic nitrogens is 2. The first kappa shape index (κ1) is 16.6. The predicted molar refractivity (Wildman–Crippen MR) is 92.1 cm³/mol. The van der Waals surface area contributed by atoms with E-state index < -0.39 is 5.60 Å². The Morgan fingerprint density at radius 1 is 1.42 bits per heavy atom. The Labute approximate surface area is 142 Å². The molecular formula is C18H25N3O3. The maximum Gasteiger partial charge on any atom is 0.410 e. The normalized spacial score (nSPS) is 18.6. The second-order valence-electron chi connectivity index (χ2n) is 7.36. The highest BCUT2D eigenvalue weighted by Gasteiger charge is 2.27. The smallest absolute Gasteiger partial charge is 0.410 e. The second-order valence-corrected chi connectivity index (χ2v) is 7.36. The molecule has 24 heavy (non-hydrogen) atoms. The third-order valence-corrected chi connectivity index (χ3v) is 4.07. The lowest BCUT2D eigenvalue weighted by Gasteiger charge is -2.34. The average Bonchev–Trinajstić information content (AvgIpc) is 2.99. The number of rotatable bonds is 3. The molecule has 1 aromatic heterocycles. The second kappa shape index (κ2) is 6.71. The number of ether oxygens (including phenoxy) is 2. The van der Waals surface area contributed by atoms with E-state index in [1.54, 1.807) is 11.1 Å². The molecule has 0 aliphatic carbocycles. The van der Waals surface area contributed by atoms with E-state index in [-0.39, 0.29) is 6.09 Å². The molecule has 1 amide bonds. The summed E-state index contributed by atoms with van der Waals surface area (Å²) in [5.41, 5.74) is 0.539. The van der Waals surface area contributed by atoms with Crippen LogP contribution in [-0.2, 0) is 4.74 Å². The summed E-state index contributed by atoms with van der Waals surface area (Å²) in [6, 6.07) is 5.88. The van der Waals surface area contributed by atoms with Crippen LogP contribution in [0.4, 0.5) is 4.79 Å². The summed E-state index contributed by atoms with van der Waals surface area (Å²) in [5.74, 6) is 1.16. The van der Waals surface area contributed by atoms with Crippen LogP contribution in [0.3, 0.4) is 0 Å². The van der Waals surface area contributed by atoms with Crippen LogP contribution in [0.15, 0.2) is 24.4 Å². The number of hydrogen-bond acceptors (Lipinski definition) is 4. The maximum absolute atomic E-state index is 12.2. The van der Waals surface area contributed by atoms with Crippen molar-refractivity contribution in [3.63, 3.8) is 0 Å². The van der Waals surface area contributed by atoms with Crippen LogP contribution >= 0.6 is 0 Å². The summed E-state index contributed by atoms with van der Waals surface area (Å²) in [7, 11) is 0. The first-order valence-electron chi connectivity index (χ1n) is 8.44. The highest BCUT2D eigenvalue weighted by molar-refractivity contribution is 5.79. The summed E-state index contributed by atoms with van der Waals surface area (Å²) in [5, 5.41) is 7.97. The molecule has 3 rings (SSSR count). The van der Waals surface area contributed by atoms with Crippen LogP contribution in [0.5, 0.6) is 5.75 Å². The third-order valence-electron chi connectivity index (χ3n) is 4.07. The maximum atomic E-state index is 12.2. The summed E-state index contributed by atoms with van der Waals surface area (Å²) in [4.78, 5) is 14.0. The molecule has 1 saturated heterocycles. The molecule has 6 nitrogen and oxygen atoms in total. The molecule has 6 heteroatoms. The highest BCUT2D eigenvalue weighted by atomic mass is 16.6. The first-order valence-corrected chi connectivity index (χ1v) is 8.44. The molecule has 2 aromatic rings. The van der Waals surface area contributed by atoms with Gasteiger partial charge in [0.05, 0.1) is 18.3 Å². The van der Waals surface area contributed by atoms with Gasteiger partial charge in [-0.25, -0.2) is 4.79 Å². The zero-order valence-electron chi connectivity index (χ0n) is 14.5. The van der Waals surface area contributed by atoms with E-state index in [1.807, 2.05) is 39.0 Å². The fourth-order valence-electron chi connectivity index (χ4n) is 2.92. The Morgan fingerprint density at radius 3 is 3.04 bits per heavy atom. The number of nitrogens with zero attached hydrogens (tertiary/aromatic N) is 2. The zero-order valence-corrected chi connectivity index (χ0v) is 14.5. The number of benzene rings is 1. The fourth-order valence-corrected chi connectivity index (χ4v) is 2.92. The molecule has 0 spiro atoms. The number of carbonyl (C=O) groups excluding carboxylic acids is 1. The van der Waals surface area contributed by atoms with Gasteiger partial charge in [-0.15, -0.1) is 0 Å². The lowest BCUT2D eigenvalue weighted by atomic mass is 9.99. The van der Waals surface area contributed by atoms with E-state index in [4.69, 9.17) is 9.47 Å². The molecule has 0 radical (unpaired) electrons. The number of H-pyrrole nitrogens is 1. The molecule has 1 aliphatic heterocycles. The minimum atomic E-state index is -0.458. The molecule has 1 unspecified atom stereocenters. The number of likely N-dealkylation sites (tertiary alicyclic amines) is 1. The molecule has 0 bridgehead atoms. The van der Waals surface area contributed by atoms with Crippen molar-refractivity contribution in [1.29, 1.82) is 0 Å². The summed E-state index contributed by atoms with van der Waals surface area (Å²) in [6.07, 6.45) is 3.60. The highest BCUT2D eigenvalue weighted by Crippen LogP contribution is 2.23. The molecule has 1 aromatic carbocycles. The Hall–Kier alpha value is -2.24. The average molecular weight is 331 g/mol.